The average molecular weight is 376 g/mol. The molecule has 0 aliphatic rings. The number of carbonyl (C=O) groups is 1. The molecule has 0 fully saturated rings. The maximum atomic E-state index is 11.1. The number of benzene rings is 2. The van der Waals surface area contributed by atoms with E-state index in [1.54, 1.807) is 6.92 Å². The number of rotatable bonds is 7. The van der Waals surface area contributed by atoms with Gasteiger partial charge >= 0.3 is 5.97 Å². The third-order valence-electron chi connectivity index (χ3n) is 4.64. The minimum atomic E-state index is -0.859. The molecule has 0 aliphatic heterocycles. The molecule has 0 aliphatic carbocycles. The van der Waals surface area contributed by atoms with Crippen LogP contribution in [0.25, 0.3) is 10.9 Å². The summed E-state index contributed by atoms with van der Waals surface area (Å²) in [6, 6.07) is 13.7. The molecule has 28 heavy (non-hydrogen) atoms. The van der Waals surface area contributed by atoms with Crippen LogP contribution in [0.15, 0.2) is 48.7 Å². The number of nitrogens with zero attached hydrogens (tertiary/aromatic N) is 1. The smallest absolute Gasteiger partial charge is 0.304 e. The standard InChI is InChI=1S/C23H24N2O3/c1-4-5-17(13-22(26)27)16-6-9-20(10-7-16)28-23(15(2)3)18-8-11-21-19(12-18)14-24-25-21/h6-12,14-15,17,23H,13H2,1-3H3,(H,24,25)(H,26,27). The molecule has 3 rings (SSSR count). The van der Waals surface area contributed by atoms with Gasteiger partial charge in [0, 0.05) is 5.39 Å². The molecule has 144 valence electrons. The fourth-order valence-electron chi connectivity index (χ4n) is 3.25. The lowest BCUT2D eigenvalue weighted by molar-refractivity contribution is -0.137. The van der Waals surface area contributed by atoms with Crippen molar-refractivity contribution in [1.29, 1.82) is 0 Å². The first-order valence-electron chi connectivity index (χ1n) is 9.31. The van der Waals surface area contributed by atoms with Crippen LogP contribution in [0.1, 0.15) is 50.3 Å². The van der Waals surface area contributed by atoms with Crippen molar-refractivity contribution in [1.82, 2.24) is 10.2 Å². The molecule has 5 nitrogen and oxygen atoms in total. The lowest BCUT2D eigenvalue weighted by Gasteiger charge is -2.23. The van der Waals surface area contributed by atoms with Crippen molar-refractivity contribution in [3.05, 3.63) is 59.8 Å². The summed E-state index contributed by atoms with van der Waals surface area (Å²) in [5, 5.41) is 17.2. The molecular weight excluding hydrogens is 352 g/mol. The Morgan fingerprint density at radius 2 is 1.89 bits per heavy atom. The number of aliphatic carboxylic acids is 1. The number of nitrogens with one attached hydrogen (secondary N) is 1. The van der Waals surface area contributed by atoms with Gasteiger partial charge in [-0.3, -0.25) is 9.89 Å². The van der Waals surface area contributed by atoms with Crippen molar-refractivity contribution in [2.75, 3.05) is 0 Å². The van der Waals surface area contributed by atoms with Gasteiger partial charge in [0.25, 0.3) is 0 Å². The first-order valence-corrected chi connectivity index (χ1v) is 9.31. The number of hydrogen-bond donors (Lipinski definition) is 2. The lowest BCUT2D eigenvalue weighted by Crippen LogP contribution is -2.14. The Kier molecular flexibility index (Phi) is 6.00. The molecule has 1 aromatic heterocycles. The Hall–Kier alpha value is -3.26. The van der Waals surface area contributed by atoms with Gasteiger partial charge in [-0.05, 0) is 48.2 Å². The number of ether oxygens (including phenoxy) is 1. The van der Waals surface area contributed by atoms with Crippen molar-refractivity contribution in [2.24, 2.45) is 5.92 Å². The summed E-state index contributed by atoms with van der Waals surface area (Å²) in [6.45, 7) is 5.97. The second-order valence-electron chi connectivity index (χ2n) is 7.11. The third-order valence-corrected chi connectivity index (χ3v) is 4.64. The second-order valence-corrected chi connectivity index (χ2v) is 7.11. The van der Waals surface area contributed by atoms with E-state index in [2.05, 4.69) is 48.0 Å². The molecule has 0 spiro atoms. The maximum absolute atomic E-state index is 11.1. The summed E-state index contributed by atoms with van der Waals surface area (Å²) < 4.78 is 6.28. The van der Waals surface area contributed by atoms with E-state index >= 15 is 0 Å². The number of aromatic amines is 1. The molecule has 1 heterocycles. The van der Waals surface area contributed by atoms with Gasteiger partial charge in [0.1, 0.15) is 11.9 Å². The van der Waals surface area contributed by atoms with Crippen LogP contribution >= 0.6 is 0 Å². The van der Waals surface area contributed by atoms with Crippen molar-refractivity contribution >= 4 is 16.9 Å². The highest BCUT2D eigenvalue weighted by atomic mass is 16.5. The van der Waals surface area contributed by atoms with E-state index in [4.69, 9.17) is 9.84 Å². The molecule has 0 bridgehead atoms. The zero-order valence-corrected chi connectivity index (χ0v) is 16.3. The molecule has 2 atom stereocenters. The monoisotopic (exact) mass is 376 g/mol. The summed E-state index contributed by atoms with van der Waals surface area (Å²) in [5.41, 5.74) is 2.97. The van der Waals surface area contributed by atoms with E-state index in [9.17, 15) is 4.79 Å². The van der Waals surface area contributed by atoms with Crippen LogP contribution in [0, 0.1) is 17.8 Å². The molecule has 2 aromatic carbocycles. The predicted molar refractivity (Wildman–Crippen MR) is 109 cm³/mol. The maximum Gasteiger partial charge on any atom is 0.304 e. The molecule has 0 saturated heterocycles. The largest absolute Gasteiger partial charge is 0.485 e. The molecule has 0 saturated carbocycles. The Balaban J connectivity index is 1.81. The van der Waals surface area contributed by atoms with Gasteiger partial charge in [0.2, 0.25) is 0 Å². The number of fused-ring (bicyclic) bond motifs is 1. The lowest BCUT2D eigenvalue weighted by atomic mass is 9.96. The Morgan fingerprint density at radius 1 is 1.18 bits per heavy atom. The Morgan fingerprint density at radius 3 is 2.54 bits per heavy atom. The summed E-state index contributed by atoms with van der Waals surface area (Å²) in [7, 11) is 0. The Labute approximate surface area is 164 Å². The molecule has 0 amide bonds. The zero-order valence-electron chi connectivity index (χ0n) is 16.3. The first-order chi connectivity index (χ1) is 13.5. The van der Waals surface area contributed by atoms with Crippen molar-refractivity contribution in [2.45, 2.75) is 39.2 Å². The van der Waals surface area contributed by atoms with Crippen molar-refractivity contribution in [3.63, 3.8) is 0 Å². The normalized spacial score (nSPS) is 13.0. The number of carboxylic acid groups (broad SMARTS) is 1. The predicted octanol–water partition coefficient (Wildman–Crippen LogP) is 4.92. The number of aromatic nitrogens is 2. The molecule has 3 aromatic rings. The van der Waals surface area contributed by atoms with Gasteiger partial charge in [-0.25, -0.2) is 0 Å². The molecule has 5 heteroatoms. The summed E-state index contributed by atoms with van der Waals surface area (Å²) in [5.74, 6) is 5.62. The Bertz CT molecular complexity index is 1010. The third kappa shape index (κ3) is 4.52. The van der Waals surface area contributed by atoms with E-state index < -0.39 is 5.97 Å². The van der Waals surface area contributed by atoms with Crippen LogP contribution in [0.2, 0.25) is 0 Å². The highest BCUT2D eigenvalue weighted by molar-refractivity contribution is 5.78. The van der Waals surface area contributed by atoms with E-state index in [0.29, 0.717) is 0 Å². The van der Waals surface area contributed by atoms with Crippen LogP contribution in [-0.4, -0.2) is 21.3 Å². The summed E-state index contributed by atoms with van der Waals surface area (Å²) in [6.07, 6.45) is 1.69. The van der Waals surface area contributed by atoms with Crippen LogP contribution < -0.4 is 4.74 Å². The van der Waals surface area contributed by atoms with Crippen LogP contribution in [-0.2, 0) is 4.79 Å². The van der Waals surface area contributed by atoms with Gasteiger partial charge in [0.15, 0.2) is 0 Å². The van der Waals surface area contributed by atoms with E-state index in [-0.39, 0.29) is 24.4 Å². The molecule has 2 unspecified atom stereocenters. The zero-order chi connectivity index (χ0) is 20.1. The number of carboxylic acids is 1. The minimum Gasteiger partial charge on any atom is -0.485 e. The molecule has 0 radical (unpaired) electrons. The van der Waals surface area contributed by atoms with E-state index in [1.165, 1.54) is 0 Å². The highest BCUT2D eigenvalue weighted by Gasteiger charge is 2.19. The van der Waals surface area contributed by atoms with E-state index in [1.807, 2.05) is 36.5 Å². The quantitative estimate of drug-likeness (QED) is 0.574. The average Bonchev–Trinajstić information content (AvgIpc) is 3.13. The summed E-state index contributed by atoms with van der Waals surface area (Å²) >= 11 is 0. The topological polar surface area (TPSA) is 75.2 Å². The fourth-order valence-corrected chi connectivity index (χ4v) is 3.25. The van der Waals surface area contributed by atoms with Crippen LogP contribution in [0.4, 0.5) is 0 Å². The highest BCUT2D eigenvalue weighted by Crippen LogP contribution is 2.31. The van der Waals surface area contributed by atoms with Crippen LogP contribution in [0.5, 0.6) is 5.75 Å². The fraction of sp³-hybridized carbons (Fsp3) is 0.304. The first kappa shape index (κ1) is 19.5. The van der Waals surface area contributed by atoms with Gasteiger partial charge in [-0.15, -0.1) is 5.92 Å². The SMILES string of the molecule is CC#CC(CC(=O)O)c1ccc(OC(c2ccc3[nH]ncc3c2)C(C)C)cc1. The van der Waals surface area contributed by atoms with Gasteiger partial charge in [0.05, 0.1) is 24.1 Å². The van der Waals surface area contributed by atoms with E-state index in [0.717, 1.165) is 27.8 Å². The van der Waals surface area contributed by atoms with Gasteiger partial charge in [-0.1, -0.05) is 38.0 Å². The number of H-pyrrole nitrogens is 1. The molecular formula is C23H24N2O3. The summed E-state index contributed by atoms with van der Waals surface area (Å²) in [4.78, 5) is 11.1. The van der Waals surface area contributed by atoms with Gasteiger partial charge < -0.3 is 9.84 Å². The second kappa shape index (κ2) is 8.62. The minimum absolute atomic E-state index is 0.0135. The van der Waals surface area contributed by atoms with Crippen molar-refractivity contribution in [3.8, 4) is 17.6 Å². The van der Waals surface area contributed by atoms with Crippen LogP contribution in [0.3, 0.4) is 0 Å². The molecule has 2 N–H and O–H groups in total. The van der Waals surface area contributed by atoms with Crippen molar-refractivity contribution < 1.29 is 14.6 Å². The number of hydrogen-bond acceptors (Lipinski definition) is 3. The van der Waals surface area contributed by atoms with Gasteiger partial charge in [-0.2, -0.15) is 5.10 Å².